The van der Waals surface area contributed by atoms with Gasteiger partial charge in [0.15, 0.2) is 0 Å². The monoisotopic (exact) mass is 1930 g/mol. The molecule has 1 aliphatic carbocycles. The molecule has 0 radical (unpaired) electrons. The highest BCUT2D eigenvalue weighted by Crippen LogP contribution is 2.42. The number of hydrogen-bond donors (Lipinski definition) is 25. The average Bonchev–Trinajstić information content (AvgIpc) is 1.12. The van der Waals surface area contributed by atoms with Gasteiger partial charge in [0.1, 0.15) is 97.1 Å². The smallest absolute Gasteiger partial charge is 0.322 e. The Kier molecular flexibility index (Phi) is 49.5. The van der Waals surface area contributed by atoms with E-state index in [2.05, 4.69) is 129 Å². The highest BCUT2D eigenvalue weighted by atomic mass is 32.1. The molecular weight excluding hydrogens is 1790 g/mol. The van der Waals surface area contributed by atoms with Crippen LogP contribution in [0, 0.1) is 0 Å². The molecule has 10 atom stereocenters. The molecule has 0 spiro atoms. The molecule has 0 unspecified atom stereocenters. The number of benzene rings is 4. The van der Waals surface area contributed by atoms with Crippen LogP contribution in [-0.2, 0) is 84.8 Å². The Hall–Kier alpha value is -13.2. The number of aromatic nitrogens is 2. The van der Waals surface area contributed by atoms with Crippen molar-refractivity contribution in [2.75, 3.05) is 102 Å². The third kappa shape index (κ3) is 37.4. The molecule has 45 heteroatoms. The summed E-state index contributed by atoms with van der Waals surface area (Å²) in [6, 6.07) is 10.1. The van der Waals surface area contributed by atoms with Gasteiger partial charge in [0, 0.05) is 84.2 Å². The van der Waals surface area contributed by atoms with Crippen molar-refractivity contribution in [1.29, 1.82) is 0 Å². The first-order valence-corrected chi connectivity index (χ1v) is 47.0. The summed E-state index contributed by atoms with van der Waals surface area (Å²) in [5.74, 6) is -14.9. The number of hydrogen-bond acceptors (Lipinski definition) is 27. The molecule has 30 N–H and O–H groups in total. The van der Waals surface area contributed by atoms with Crippen molar-refractivity contribution in [1.82, 2.24) is 89.0 Å². The number of carboxylic acid groups (broad SMARTS) is 1. The number of aliphatic hydroxyl groups is 1. The predicted molar refractivity (Wildman–Crippen MR) is 514 cm³/mol. The summed E-state index contributed by atoms with van der Waals surface area (Å²) in [5.41, 5.74) is 39.0. The zero-order valence-corrected chi connectivity index (χ0v) is 79.0. The number of phenols is 1. The van der Waals surface area contributed by atoms with Crippen LogP contribution in [0.2, 0.25) is 0 Å². The Morgan fingerprint density at radius 3 is 1.37 bits per heavy atom. The molecule has 137 heavy (non-hydrogen) atoms. The number of thiol groups is 1. The fraction of sp³-hybridized carbons (Fsp3) is 0.522. The maximum atomic E-state index is 15.3. The molecule has 0 saturated heterocycles. The molecule has 3 aromatic carbocycles. The quantitative estimate of drug-likeness (QED) is 0.00767. The van der Waals surface area contributed by atoms with Crippen LogP contribution in [0.15, 0.2) is 102 Å². The standard InChI is InChI=1S/C92H136N24O20S/c1-5-115(6-2)57-30-34-62-74(45-57)136-75-46-58(116(7-3)8-4)31-35-63(75)81(62)60-21-9-10-22-61(60)82(125)112-70(43-55-28-32-59(118)33-29-55)90(133)109-68(27-15-20-42-97)88(131)111-69(36-37-76(98)119)89(132)114-73(53-137)92(135)113-71(44-56-47-99-54-104-56)91(134)110-67(26-14-19-41-96)87(130)108-64(23-11-16-38-93)83(126)101-48-77(120)100-49-78(121)105-66(25-13-18-40-95)86(129)107-65(24-12-17-39-94)84(127)102-50-79(122)106-72(52-117)85(128)103-51-80(123)124/h9-10,21-22,28-35,45-47,54,64-73,117H,5-8,11-20,23-27,36-44,48-53,93-97H2,1-4H3,(H19-,98,99,100,101,102,103,104,105,106,107,108,109,110,111,112,113,114,118,119,120,121,122,123,124,125,126,127,128,129,130,131,132,133,134,135,137)/p+1/t64-,65-,66-,67-,68-,69-,70-,71-,72-,73-/m0/s1. The van der Waals surface area contributed by atoms with Crippen LogP contribution in [0.1, 0.15) is 158 Å². The maximum absolute atomic E-state index is 15.3. The van der Waals surface area contributed by atoms with Crippen molar-refractivity contribution in [3.05, 3.63) is 120 Å². The van der Waals surface area contributed by atoms with Gasteiger partial charge in [-0.3, -0.25) is 76.7 Å². The number of unbranched alkanes of at least 4 members (excludes halogenated alkanes) is 5. The summed E-state index contributed by atoms with van der Waals surface area (Å²) in [4.78, 5) is 230. The van der Waals surface area contributed by atoms with E-state index in [1.807, 2.05) is 47.8 Å². The van der Waals surface area contributed by atoms with E-state index in [-0.39, 0.29) is 114 Å². The van der Waals surface area contributed by atoms with Crippen molar-refractivity contribution in [3.63, 3.8) is 0 Å². The number of fused-ring (bicyclic) bond motifs is 2. The van der Waals surface area contributed by atoms with Gasteiger partial charge in [0.05, 0.1) is 44.3 Å². The summed E-state index contributed by atoms with van der Waals surface area (Å²) in [7, 11) is 0. The number of amides is 15. The Balaban J connectivity index is 1.17. The molecule has 1 aromatic heterocycles. The molecule has 0 fully saturated rings. The number of imidazole rings is 1. The summed E-state index contributed by atoms with van der Waals surface area (Å²) in [6.45, 7) is 8.19. The number of nitrogens with two attached hydrogens (primary N) is 6. The number of aromatic amines is 1. The van der Waals surface area contributed by atoms with E-state index >= 15 is 9.59 Å². The van der Waals surface area contributed by atoms with Gasteiger partial charge >= 0.3 is 5.97 Å². The summed E-state index contributed by atoms with van der Waals surface area (Å²) >= 11 is 4.40. The average molecular weight is 1930 g/mol. The van der Waals surface area contributed by atoms with Crippen molar-refractivity contribution < 1.29 is 96.4 Å². The largest absolute Gasteiger partial charge is 0.508 e. The lowest BCUT2D eigenvalue weighted by Gasteiger charge is -2.27. The molecule has 0 saturated carbocycles. The first-order chi connectivity index (χ1) is 65.8. The van der Waals surface area contributed by atoms with E-state index in [0.29, 0.717) is 83.9 Å². The minimum Gasteiger partial charge on any atom is -0.508 e. The van der Waals surface area contributed by atoms with Crippen molar-refractivity contribution in [3.8, 4) is 28.2 Å². The second-order valence-electron chi connectivity index (χ2n) is 32.7. The van der Waals surface area contributed by atoms with Gasteiger partial charge < -0.3 is 138 Å². The Bertz CT molecular complexity index is 5030. The van der Waals surface area contributed by atoms with E-state index in [9.17, 15) is 77.3 Å². The molecule has 4 aromatic rings. The molecule has 6 rings (SSSR count). The first kappa shape index (κ1) is 113. The number of anilines is 1. The van der Waals surface area contributed by atoms with E-state index in [4.69, 9.17) is 43.9 Å². The highest BCUT2D eigenvalue weighted by Gasteiger charge is 2.37. The van der Waals surface area contributed by atoms with Gasteiger partial charge in [-0.25, -0.2) is 9.56 Å². The number of phenolic OH excluding ortho intramolecular Hbond substituents is 1. The fourth-order valence-electron chi connectivity index (χ4n) is 15.0. The van der Waals surface area contributed by atoms with E-state index in [1.165, 1.54) is 24.7 Å². The molecule has 0 bridgehead atoms. The highest BCUT2D eigenvalue weighted by molar-refractivity contribution is 7.80. The van der Waals surface area contributed by atoms with Gasteiger partial charge in [-0.15, -0.1) is 0 Å². The fourth-order valence-corrected chi connectivity index (χ4v) is 15.3. The van der Waals surface area contributed by atoms with Crippen molar-refractivity contribution in [2.45, 2.75) is 210 Å². The van der Waals surface area contributed by atoms with Crippen LogP contribution in [-0.4, -0.2) is 278 Å². The number of carbonyl (C=O) groups excluding carboxylic acids is 15. The van der Waals surface area contributed by atoms with E-state index in [1.54, 1.807) is 30.3 Å². The number of aromatic hydroxyl groups is 1. The van der Waals surface area contributed by atoms with Crippen molar-refractivity contribution >= 4 is 124 Å². The zero-order chi connectivity index (χ0) is 100. The molecule has 15 amide bonds. The number of rotatable bonds is 64. The molecule has 2 heterocycles. The van der Waals surface area contributed by atoms with E-state index in [0.717, 1.165) is 37.2 Å². The Morgan fingerprint density at radius 2 is 0.898 bits per heavy atom. The number of nitrogens with zero attached hydrogens (tertiary/aromatic N) is 3. The SMILES string of the molecule is CCN(CC)c1ccc2c(-c3ccccc3C(=O)N[C@@H](Cc3ccc(O)cc3)C(=O)N[C@@H](CCCCN)C(=O)N[C@@H](CCC(N)=O)C(=O)N[C@@H](CS)C(=O)N[C@@H](Cc3c[nH]cn3)C(=O)N[C@@H](CCCCN)C(=O)N[C@@H](CCCCN)C(=O)NCC(=O)NCC(=O)N[C@@H](CCCCN)C(=O)N[C@@H](CCCCN)C(=O)NCC(=O)N[C@@H](CO)C(=O)NCC(=O)O)c3ccc(=[N+](CC)CC)cc-3oc2c1. The summed E-state index contributed by atoms with van der Waals surface area (Å²) < 4.78 is 8.95. The molecule has 2 aliphatic rings. The lowest BCUT2D eigenvalue weighted by atomic mass is 9.90. The minimum absolute atomic E-state index is 0.00276. The minimum atomic E-state index is -1.65. The van der Waals surface area contributed by atoms with Gasteiger partial charge in [0.2, 0.25) is 88.1 Å². The second-order valence-corrected chi connectivity index (χ2v) is 33.0. The predicted octanol–water partition coefficient (Wildman–Crippen LogP) is -3.38. The molecule has 44 nitrogen and oxygen atoms in total. The van der Waals surface area contributed by atoms with Crippen molar-refractivity contribution in [2.24, 2.45) is 34.4 Å². The number of H-pyrrole nitrogens is 1. The van der Waals surface area contributed by atoms with Gasteiger partial charge in [-0.05, 0) is 211 Å². The number of carboxylic acids is 1. The third-order valence-corrected chi connectivity index (χ3v) is 22.9. The van der Waals surface area contributed by atoms with Crippen LogP contribution >= 0.6 is 12.6 Å². The van der Waals surface area contributed by atoms with E-state index < -0.39 is 206 Å². The van der Waals surface area contributed by atoms with Crippen LogP contribution in [0.5, 0.6) is 5.75 Å². The number of nitrogens with one attached hydrogen (secondary N) is 15. The van der Waals surface area contributed by atoms with Gasteiger partial charge in [-0.1, -0.05) is 30.3 Å². The normalized spacial score (nSPS) is 13.3. The maximum Gasteiger partial charge on any atom is 0.322 e. The number of aliphatic carboxylic acids is 1. The summed E-state index contributed by atoms with van der Waals surface area (Å²) in [6.07, 6.45) is 4.47. The van der Waals surface area contributed by atoms with Crippen LogP contribution in [0.25, 0.3) is 33.4 Å². The topological polar surface area (TPSA) is 706 Å². The molecule has 750 valence electrons. The number of aliphatic hydroxyl groups excluding tert-OH is 1. The van der Waals surface area contributed by atoms with Gasteiger partial charge in [0.25, 0.3) is 5.91 Å². The second kappa shape index (κ2) is 60.3. The Morgan fingerprint density at radius 1 is 0.460 bits per heavy atom. The first-order valence-electron chi connectivity index (χ1n) is 46.3. The van der Waals surface area contributed by atoms with Crippen LogP contribution < -0.4 is 124 Å². The summed E-state index contributed by atoms with van der Waals surface area (Å²) in [5, 5.41) is 65.8. The lowest BCUT2D eigenvalue weighted by Crippen LogP contribution is -2.61. The third-order valence-electron chi connectivity index (χ3n) is 22.6. The van der Waals surface area contributed by atoms with Gasteiger partial charge in [-0.2, -0.15) is 12.6 Å². The Labute approximate surface area is 800 Å². The zero-order valence-electron chi connectivity index (χ0n) is 78.1. The molecule has 1 aliphatic heterocycles. The number of primary amides is 1. The molecular formula is C92H137N24O20S+. The number of carbonyl (C=O) groups is 16. The van der Waals surface area contributed by atoms with Crippen LogP contribution in [0.3, 0.4) is 0 Å². The lowest BCUT2D eigenvalue weighted by molar-refractivity contribution is -0.138. The van der Waals surface area contributed by atoms with Crippen LogP contribution in [0.4, 0.5) is 5.69 Å².